The Morgan fingerprint density at radius 1 is 1.11 bits per heavy atom. The highest BCUT2D eigenvalue weighted by atomic mass is 16.3. The minimum Gasteiger partial charge on any atom is -0.508 e. The Labute approximate surface area is 107 Å². The summed E-state index contributed by atoms with van der Waals surface area (Å²) in [6.07, 6.45) is 1.05. The molecular formula is C16H17NO. The van der Waals surface area contributed by atoms with Crippen LogP contribution in [0.3, 0.4) is 0 Å². The van der Waals surface area contributed by atoms with E-state index >= 15 is 0 Å². The Morgan fingerprint density at radius 3 is 2.78 bits per heavy atom. The van der Waals surface area contributed by atoms with Crippen molar-refractivity contribution >= 4 is 0 Å². The molecule has 0 radical (unpaired) electrons. The molecule has 2 nitrogen and oxygen atoms in total. The summed E-state index contributed by atoms with van der Waals surface area (Å²) in [6, 6.07) is 14.5. The van der Waals surface area contributed by atoms with Crippen LogP contribution in [0.15, 0.2) is 42.5 Å². The summed E-state index contributed by atoms with van der Waals surface area (Å²) in [5, 5.41) is 13.6. The minimum atomic E-state index is 0.107. The fraction of sp³-hybridized carbons (Fsp3) is 0.250. The van der Waals surface area contributed by atoms with Crippen molar-refractivity contribution in [1.29, 1.82) is 0 Å². The number of hydrogen-bond acceptors (Lipinski definition) is 2. The lowest BCUT2D eigenvalue weighted by Crippen LogP contribution is -2.30. The molecule has 0 amide bonds. The van der Waals surface area contributed by atoms with Gasteiger partial charge >= 0.3 is 0 Å². The zero-order chi connectivity index (χ0) is 12.5. The van der Waals surface area contributed by atoms with Crippen LogP contribution in [0, 0.1) is 6.92 Å². The summed E-state index contributed by atoms with van der Waals surface area (Å²) in [6.45, 7) is 2.95. The smallest absolute Gasteiger partial charge is 0.120 e. The van der Waals surface area contributed by atoms with Gasteiger partial charge in [0.25, 0.3) is 0 Å². The largest absolute Gasteiger partial charge is 0.508 e. The van der Waals surface area contributed by atoms with Gasteiger partial charge in [-0.2, -0.15) is 0 Å². The molecule has 0 fully saturated rings. The summed E-state index contributed by atoms with van der Waals surface area (Å²) >= 11 is 0. The number of hydrogen-bond donors (Lipinski definition) is 2. The number of rotatable bonds is 1. The number of fused-ring (bicyclic) bond motifs is 1. The quantitative estimate of drug-likeness (QED) is 0.802. The van der Waals surface area contributed by atoms with Crippen molar-refractivity contribution in [3.63, 3.8) is 0 Å². The third-order valence-electron chi connectivity index (χ3n) is 3.61. The van der Waals surface area contributed by atoms with Crippen molar-refractivity contribution in [3.8, 4) is 5.75 Å². The fourth-order valence-electron chi connectivity index (χ4n) is 2.68. The van der Waals surface area contributed by atoms with Crippen LogP contribution in [0.5, 0.6) is 5.75 Å². The Hall–Kier alpha value is -1.80. The molecule has 0 bridgehead atoms. The Bertz CT molecular complexity index is 577. The van der Waals surface area contributed by atoms with Gasteiger partial charge in [0.15, 0.2) is 0 Å². The lowest BCUT2D eigenvalue weighted by atomic mass is 9.89. The minimum absolute atomic E-state index is 0.107. The molecule has 1 atom stereocenters. The van der Waals surface area contributed by atoms with Crippen LogP contribution in [-0.2, 0) is 6.42 Å². The van der Waals surface area contributed by atoms with Gasteiger partial charge in [-0.1, -0.05) is 36.4 Å². The maximum absolute atomic E-state index is 10.1. The molecule has 3 rings (SSSR count). The van der Waals surface area contributed by atoms with E-state index in [4.69, 9.17) is 0 Å². The van der Waals surface area contributed by atoms with Gasteiger partial charge in [-0.15, -0.1) is 0 Å². The molecule has 1 aliphatic rings. The number of phenols is 1. The molecular weight excluding hydrogens is 222 g/mol. The molecule has 2 heteroatoms. The third-order valence-corrected chi connectivity index (χ3v) is 3.61. The molecule has 2 aromatic carbocycles. The molecule has 0 spiro atoms. The fourth-order valence-corrected chi connectivity index (χ4v) is 2.68. The molecule has 0 saturated heterocycles. The van der Waals surface area contributed by atoms with Gasteiger partial charge in [-0.05, 0) is 36.1 Å². The summed E-state index contributed by atoms with van der Waals surface area (Å²) < 4.78 is 0. The van der Waals surface area contributed by atoms with Crippen LogP contribution in [0.1, 0.15) is 28.3 Å². The first-order chi connectivity index (χ1) is 8.75. The van der Waals surface area contributed by atoms with Crippen LogP contribution in [0.2, 0.25) is 0 Å². The normalized spacial score (nSPS) is 18.4. The summed E-state index contributed by atoms with van der Waals surface area (Å²) in [5.41, 5.74) is 4.71. The van der Waals surface area contributed by atoms with Crippen molar-refractivity contribution in [3.05, 3.63) is 64.7 Å². The average Bonchev–Trinajstić information content (AvgIpc) is 2.38. The molecule has 1 heterocycles. The van der Waals surface area contributed by atoms with Gasteiger partial charge in [0.1, 0.15) is 5.75 Å². The van der Waals surface area contributed by atoms with E-state index in [9.17, 15) is 5.11 Å². The highest BCUT2D eigenvalue weighted by Crippen LogP contribution is 2.33. The van der Waals surface area contributed by atoms with Gasteiger partial charge in [0.2, 0.25) is 0 Å². The van der Waals surface area contributed by atoms with Crippen LogP contribution >= 0.6 is 0 Å². The van der Waals surface area contributed by atoms with E-state index in [1.165, 1.54) is 11.1 Å². The molecule has 92 valence electrons. The first-order valence-electron chi connectivity index (χ1n) is 6.36. The second-order valence-corrected chi connectivity index (χ2v) is 4.90. The SMILES string of the molecule is Cc1ccc(C2NCCc3ccccc32)c(O)c1. The number of phenolic OH excluding ortho intramolecular Hbond substituents is 1. The molecule has 18 heavy (non-hydrogen) atoms. The van der Waals surface area contributed by atoms with Gasteiger partial charge < -0.3 is 10.4 Å². The standard InChI is InChI=1S/C16H17NO/c1-11-6-7-14(15(18)10-11)16-13-5-3-2-4-12(13)8-9-17-16/h2-7,10,16-18H,8-9H2,1H3. The molecule has 2 aromatic rings. The van der Waals surface area contributed by atoms with Crippen molar-refractivity contribution in [2.45, 2.75) is 19.4 Å². The zero-order valence-corrected chi connectivity index (χ0v) is 10.5. The van der Waals surface area contributed by atoms with E-state index in [1.807, 2.05) is 25.1 Å². The van der Waals surface area contributed by atoms with Crippen LogP contribution in [0.4, 0.5) is 0 Å². The molecule has 0 aliphatic carbocycles. The zero-order valence-electron chi connectivity index (χ0n) is 10.5. The van der Waals surface area contributed by atoms with Gasteiger partial charge in [0, 0.05) is 12.1 Å². The number of benzene rings is 2. The van der Waals surface area contributed by atoms with E-state index in [-0.39, 0.29) is 6.04 Å². The maximum Gasteiger partial charge on any atom is 0.120 e. The van der Waals surface area contributed by atoms with Crippen LogP contribution < -0.4 is 5.32 Å². The molecule has 0 aromatic heterocycles. The van der Waals surface area contributed by atoms with E-state index in [0.717, 1.165) is 24.1 Å². The maximum atomic E-state index is 10.1. The van der Waals surface area contributed by atoms with Gasteiger partial charge in [0.05, 0.1) is 6.04 Å². The van der Waals surface area contributed by atoms with E-state index < -0.39 is 0 Å². The molecule has 1 unspecified atom stereocenters. The lowest BCUT2D eigenvalue weighted by molar-refractivity contribution is 0.453. The van der Waals surface area contributed by atoms with Crippen LogP contribution in [-0.4, -0.2) is 11.7 Å². The average molecular weight is 239 g/mol. The Morgan fingerprint density at radius 2 is 1.94 bits per heavy atom. The topological polar surface area (TPSA) is 32.3 Å². The first kappa shape index (κ1) is 11.3. The van der Waals surface area contributed by atoms with Gasteiger partial charge in [-0.25, -0.2) is 0 Å². The molecule has 1 aliphatic heterocycles. The number of aromatic hydroxyl groups is 1. The lowest BCUT2D eigenvalue weighted by Gasteiger charge is -2.27. The Kier molecular flexibility index (Phi) is 2.80. The molecule has 0 saturated carbocycles. The van der Waals surface area contributed by atoms with E-state index in [0.29, 0.717) is 5.75 Å². The van der Waals surface area contributed by atoms with Gasteiger partial charge in [-0.3, -0.25) is 0 Å². The predicted octanol–water partition coefficient (Wildman–Crippen LogP) is 2.94. The molecule has 2 N–H and O–H groups in total. The number of nitrogens with one attached hydrogen (secondary N) is 1. The third kappa shape index (κ3) is 1.89. The Balaban J connectivity index is 2.08. The second kappa shape index (κ2) is 4.46. The predicted molar refractivity (Wildman–Crippen MR) is 72.8 cm³/mol. The highest BCUT2D eigenvalue weighted by Gasteiger charge is 2.22. The van der Waals surface area contributed by atoms with Crippen molar-refractivity contribution in [2.75, 3.05) is 6.54 Å². The number of aryl methyl sites for hydroxylation is 1. The first-order valence-corrected chi connectivity index (χ1v) is 6.36. The van der Waals surface area contributed by atoms with E-state index in [2.05, 4.69) is 29.6 Å². The van der Waals surface area contributed by atoms with Crippen molar-refractivity contribution in [2.24, 2.45) is 0 Å². The summed E-state index contributed by atoms with van der Waals surface area (Å²) in [5.74, 6) is 0.379. The van der Waals surface area contributed by atoms with Crippen LogP contribution in [0.25, 0.3) is 0 Å². The summed E-state index contributed by atoms with van der Waals surface area (Å²) in [4.78, 5) is 0. The van der Waals surface area contributed by atoms with Crippen molar-refractivity contribution in [1.82, 2.24) is 5.32 Å². The van der Waals surface area contributed by atoms with E-state index in [1.54, 1.807) is 0 Å². The summed E-state index contributed by atoms with van der Waals surface area (Å²) in [7, 11) is 0. The monoisotopic (exact) mass is 239 g/mol. The van der Waals surface area contributed by atoms with Crippen molar-refractivity contribution < 1.29 is 5.11 Å². The second-order valence-electron chi connectivity index (χ2n) is 4.90. The highest BCUT2D eigenvalue weighted by molar-refractivity contribution is 5.46.